The molecule has 154 valence electrons. The van der Waals surface area contributed by atoms with Crippen molar-refractivity contribution < 1.29 is 9.18 Å². The molecule has 4 nitrogen and oxygen atoms in total. The molecule has 0 unspecified atom stereocenters. The van der Waals surface area contributed by atoms with E-state index in [0.717, 1.165) is 21.3 Å². The predicted molar refractivity (Wildman–Crippen MR) is 126 cm³/mol. The van der Waals surface area contributed by atoms with E-state index in [1.165, 1.54) is 40.8 Å². The number of carbonyl (C=O) groups is 1. The molecule has 0 fully saturated rings. The number of halogens is 2. The van der Waals surface area contributed by atoms with Gasteiger partial charge in [0.25, 0.3) is 5.91 Å². The molecule has 0 saturated carbocycles. The largest absolute Gasteiger partial charge is 0.273 e. The molecule has 0 atom stereocenters. The van der Waals surface area contributed by atoms with Crippen LogP contribution in [0.5, 0.6) is 0 Å². The molecule has 0 bridgehead atoms. The number of benzene rings is 3. The molecule has 4 aromatic rings. The van der Waals surface area contributed by atoms with Crippen molar-refractivity contribution in [3.63, 3.8) is 0 Å². The van der Waals surface area contributed by atoms with E-state index in [4.69, 9.17) is 11.6 Å². The molecule has 0 aliphatic heterocycles. The number of anilines is 1. The van der Waals surface area contributed by atoms with Crippen LogP contribution in [0.3, 0.4) is 0 Å². The standard InChI is InChI=1S/C24H17ClFN3OS/c1-16-6-12-21-22(14-16)31-24(28-21)29(27-15-17-7-10-19(26)11-8-17)23(30)13-9-18-4-2-3-5-20(18)25/h2-15H,1H3/b13-9+,27-15+. The second kappa shape index (κ2) is 9.20. The molecule has 0 aliphatic carbocycles. The monoisotopic (exact) mass is 449 g/mol. The quantitative estimate of drug-likeness (QED) is 0.199. The number of thiazole rings is 1. The highest BCUT2D eigenvalue weighted by molar-refractivity contribution is 7.22. The molecule has 1 aromatic heterocycles. The minimum absolute atomic E-state index is 0.339. The first kappa shape index (κ1) is 20.9. The maximum Gasteiger partial charge on any atom is 0.273 e. The molecule has 31 heavy (non-hydrogen) atoms. The van der Waals surface area contributed by atoms with Gasteiger partial charge in [0.2, 0.25) is 5.13 Å². The summed E-state index contributed by atoms with van der Waals surface area (Å²) < 4.78 is 14.1. The number of aromatic nitrogens is 1. The summed E-state index contributed by atoms with van der Waals surface area (Å²) in [6.07, 6.45) is 4.54. The summed E-state index contributed by atoms with van der Waals surface area (Å²) in [5, 5.41) is 6.56. The fraction of sp³-hybridized carbons (Fsp3) is 0.0417. The number of rotatable bonds is 5. The van der Waals surface area contributed by atoms with Crippen LogP contribution in [0.1, 0.15) is 16.7 Å². The second-order valence-electron chi connectivity index (χ2n) is 6.77. The van der Waals surface area contributed by atoms with Crippen LogP contribution < -0.4 is 5.01 Å². The number of hydrogen-bond donors (Lipinski definition) is 0. The normalized spacial score (nSPS) is 11.6. The number of hydrogen-bond acceptors (Lipinski definition) is 4. The minimum Gasteiger partial charge on any atom is -0.267 e. The number of hydrazone groups is 1. The van der Waals surface area contributed by atoms with E-state index in [2.05, 4.69) is 10.1 Å². The van der Waals surface area contributed by atoms with Crippen molar-refractivity contribution in [3.8, 4) is 0 Å². The van der Waals surface area contributed by atoms with Crippen LogP contribution in [0.25, 0.3) is 16.3 Å². The third kappa shape index (κ3) is 5.05. The SMILES string of the molecule is Cc1ccc2nc(N(/N=C/c3ccc(F)cc3)C(=O)/C=C/c3ccccc3Cl)sc2c1. The van der Waals surface area contributed by atoms with Crippen LogP contribution in [-0.2, 0) is 4.79 Å². The molecule has 4 rings (SSSR count). The molecule has 0 saturated heterocycles. The van der Waals surface area contributed by atoms with Crippen LogP contribution in [0.2, 0.25) is 5.02 Å². The van der Waals surface area contributed by atoms with Gasteiger partial charge in [-0.15, -0.1) is 0 Å². The van der Waals surface area contributed by atoms with Crippen molar-refractivity contribution in [3.05, 3.63) is 100 Å². The molecular formula is C24H17ClFN3OS. The van der Waals surface area contributed by atoms with Gasteiger partial charge in [0, 0.05) is 11.1 Å². The number of fused-ring (bicyclic) bond motifs is 1. The molecule has 1 amide bonds. The number of nitrogens with zero attached hydrogens (tertiary/aromatic N) is 3. The highest BCUT2D eigenvalue weighted by Crippen LogP contribution is 2.30. The smallest absolute Gasteiger partial charge is 0.267 e. The molecule has 3 aromatic carbocycles. The Labute approximate surface area is 187 Å². The summed E-state index contributed by atoms with van der Waals surface area (Å²) >= 11 is 7.55. The van der Waals surface area contributed by atoms with Crippen molar-refractivity contribution in [2.75, 3.05) is 5.01 Å². The zero-order valence-corrected chi connectivity index (χ0v) is 18.1. The van der Waals surface area contributed by atoms with Crippen LogP contribution in [-0.4, -0.2) is 17.1 Å². The molecule has 0 N–H and O–H groups in total. The molecule has 1 heterocycles. The lowest BCUT2D eigenvalue weighted by Gasteiger charge is -2.11. The maximum absolute atomic E-state index is 13.2. The number of aryl methyl sites for hydroxylation is 1. The first-order valence-corrected chi connectivity index (χ1v) is 10.6. The zero-order chi connectivity index (χ0) is 21.8. The van der Waals surface area contributed by atoms with Crippen LogP contribution in [0, 0.1) is 12.7 Å². The Hall–Kier alpha value is -3.35. The van der Waals surface area contributed by atoms with Crippen molar-refractivity contribution in [2.45, 2.75) is 6.92 Å². The van der Waals surface area contributed by atoms with E-state index in [1.807, 2.05) is 43.3 Å². The number of amides is 1. The minimum atomic E-state index is -0.381. The third-order valence-corrected chi connectivity index (χ3v) is 5.76. The van der Waals surface area contributed by atoms with Crippen molar-refractivity contribution in [2.24, 2.45) is 5.10 Å². The topological polar surface area (TPSA) is 45.6 Å². The summed E-state index contributed by atoms with van der Waals surface area (Å²) in [7, 11) is 0. The number of carbonyl (C=O) groups excluding carboxylic acids is 1. The lowest BCUT2D eigenvalue weighted by Crippen LogP contribution is -2.23. The lowest BCUT2D eigenvalue weighted by molar-refractivity contribution is -0.114. The molecule has 0 radical (unpaired) electrons. The fourth-order valence-electron chi connectivity index (χ4n) is 2.83. The van der Waals surface area contributed by atoms with Gasteiger partial charge in [-0.25, -0.2) is 9.37 Å². The van der Waals surface area contributed by atoms with Gasteiger partial charge in [-0.1, -0.05) is 59.3 Å². The van der Waals surface area contributed by atoms with Gasteiger partial charge >= 0.3 is 0 Å². The van der Waals surface area contributed by atoms with Crippen LogP contribution in [0.4, 0.5) is 9.52 Å². The van der Waals surface area contributed by atoms with Crippen molar-refractivity contribution in [1.29, 1.82) is 0 Å². The van der Waals surface area contributed by atoms with E-state index < -0.39 is 0 Å². The summed E-state index contributed by atoms with van der Waals surface area (Å²) in [6.45, 7) is 2.00. The van der Waals surface area contributed by atoms with Crippen molar-refractivity contribution >= 4 is 56.5 Å². The van der Waals surface area contributed by atoms with Gasteiger partial charge in [0.1, 0.15) is 5.82 Å². The van der Waals surface area contributed by atoms with E-state index in [1.54, 1.807) is 24.3 Å². The van der Waals surface area contributed by atoms with E-state index in [0.29, 0.717) is 15.7 Å². The molecule has 0 spiro atoms. The summed E-state index contributed by atoms with van der Waals surface area (Å²) in [6, 6.07) is 19.0. The maximum atomic E-state index is 13.2. The Kier molecular flexibility index (Phi) is 6.21. The van der Waals surface area contributed by atoms with E-state index in [9.17, 15) is 9.18 Å². The van der Waals surface area contributed by atoms with Gasteiger partial charge in [0.05, 0.1) is 16.4 Å². The van der Waals surface area contributed by atoms with Gasteiger partial charge in [-0.2, -0.15) is 10.1 Å². The zero-order valence-electron chi connectivity index (χ0n) is 16.5. The Bertz CT molecular complexity index is 1300. The lowest BCUT2D eigenvalue weighted by atomic mass is 10.2. The third-order valence-electron chi connectivity index (χ3n) is 4.43. The van der Waals surface area contributed by atoms with E-state index >= 15 is 0 Å². The first-order valence-electron chi connectivity index (χ1n) is 9.43. The highest BCUT2D eigenvalue weighted by atomic mass is 35.5. The van der Waals surface area contributed by atoms with Gasteiger partial charge in [-0.05, 0) is 60.0 Å². The van der Waals surface area contributed by atoms with Crippen molar-refractivity contribution in [1.82, 2.24) is 4.98 Å². The fourth-order valence-corrected chi connectivity index (χ4v) is 4.05. The summed E-state index contributed by atoms with van der Waals surface area (Å²) in [4.78, 5) is 17.6. The molecule has 7 heteroatoms. The van der Waals surface area contributed by atoms with Gasteiger partial charge in [-0.3, -0.25) is 4.79 Å². The average molecular weight is 450 g/mol. The first-order chi connectivity index (χ1) is 15.0. The highest BCUT2D eigenvalue weighted by Gasteiger charge is 2.17. The van der Waals surface area contributed by atoms with E-state index in [-0.39, 0.29) is 11.7 Å². The second-order valence-corrected chi connectivity index (χ2v) is 8.18. The van der Waals surface area contributed by atoms with Gasteiger partial charge in [0.15, 0.2) is 0 Å². The summed E-state index contributed by atoms with van der Waals surface area (Å²) in [5.74, 6) is -0.719. The summed E-state index contributed by atoms with van der Waals surface area (Å²) in [5.41, 5.74) is 3.27. The Morgan fingerprint density at radius 2 is 1.90 bits per heavy atom. The van der Waals surface area contributed by atoms with Gasteiger partial charge < -0.3 is 0 Å². The Morgan fingerprint density at radius 3 is 2.68 bits per heavy atom. The Balaban J connectivity index is 1.69. The molecule has 0 aliphatic rings. The Morgan fingerprint density at radius 1 is 1.13 bits per heavy atom. The average Bonchev–Trinajstić information content (AvgIpc) is 3.17. The van der Waals surface area contributed by atoms with Crippen LogP contribution in [0.15, 0.2) is 77.9 Å². The van der Waals surface area contributed by atoms with Crippen LogP contribution >= 0.6 is 22.9 Å². The predicted octanol–water partition coefficient (Wildman–Crippen LogP) is 6.48. The molecular weight excluding hydrogens is 433 g/mol.